The van der Waals surface area contributed by atoms with E-state index in [1.54, 1.807) is 31.2 Å². The first-order valence-corrected chi connectivity index (χ1v) is 6.33. The summed E-state index contributed by atoms with van der Waals surface area (Å²) < 4.78 is 5.30. The molecule has 0 aliphatic carbocycles. The molecule has 19 heavy (non-hydrogen) atoms. The average Bonchev–Trinajstić information content (AvgIpc) is 2.92. The van der Waals surface area contributed by atoms with Crippen molar-refractivity contribution in [3.63, 3.8) is 0 Å². The van der Waals surface area contributed by atoms with Gasteiger partial charge in [0.2, 0.25) is 0 Å². The van der Waals surface area contributed by atoms with Crippen molar-refractivity contribution in [2.75, 3.05) is 11.9 Å². The van der Waals surface area contributed by atoms with Gasteiger partial charge in [-0.25, -0.2) is 0 Å². The van der Waals surface area contributed by atoms with E-state index < -0.39 is 11.9 Å². The second kappa shape index (κ2) is 5.84. The number of hydrogen-bond acceptors (Lipinski definition) is 3. The summed E-state index contributed by atoms with van der Waals surface area (Å²) >= 11 is 0. The molecule has 2 N–H and O–H groups in total. The lowest BCUT2D eigenvalue weighted by molar-refractivity contribution is -0.138. The van der Waals surface area contributed by atoms with Crippen molar-refractivity contribution >= 4 is 17.6 Å². The summed E-state index contributed by atoms with van der Waals surface area (Å²) in [4.78, 5) is 22.8. The predicted molar refractivity (Wildman–Crippen MR) is 70.1 cm³/mol. The monoisotopic (exact) mass is 263 g/mol. The van der Waals surface area contributed by atoms with E-state index in [0.29, 0.717) is 17.9 Å². The Bertz CT molecular complexity index is 480. The lowest BCUT2D eigenvalue weighted by Crippen LogP contribution is -2.26. The van der Waals surface area contributed by atoms with E-state index in [1.165, 1.54) is 0 Å². The Morgan fingerprint density at radius 3 is 2.89 bits per heavy atom. The molecule has 102 valence electrons. The van der Waals surface area contributed by atoms with Crippen molar-refractivity contribution in [2.24, 2.45) is 0 Å². The minimum absolute atomic E-state index is 0.169. The number of amides is 1. The van der Waals surface area contributed by atoms with Crippen LogP contribution in [0.4, 0.5) is 5.69 Å². The van der Waals surface area contributed by atoms with Crippen LogP contribution >= 0.6 is 0 Å². The molecule has 0 radical (unpaired) electrons. The maximum atomic E-state index is 11.9. The average molecular weight is 263 g/mol. The highest BCUT2D eigenvalue weighted by atomic mass is 16.5. The van der Waals surface area contributed by atoms with Gasteiger partial charge in [-0.05, 0) is 37.5 Å². The van der Waals surface area contributed by atoms with E-state index in [-0.39, 0.29) is 12.0 Å². The zero-order valence-electron chi connectivity index (χ0n) is 10.8. The minimum Gasteiger partial charge on any atom is -0.481 e. The third kappa shape index (κ3) is 3.32. The number of rotatable bonds is 4. The van der Waals surface area contributed by atoms with Crippen molar-refractivity contribution in [1.29, 1.82) is 0 Å². The summed E-state index contributed by atoms with van der Waals surface area (Å²) in [5, 5.41) is 11.7. The lowest BCUT2D eigenvalue weighted by Gasteiger charge is -2.12. The van der Waals surface area contributed by atoms with E-state index >= 15 is 0 Å². The summed E-state index contributed by atoms with van der Waals surface area (Å²) in [5.74, 6) is -1.65. The molecule has 5 heteroatoms. The van der Waals surface area contributed by atoms with Crippen LogP contribution in [0.5, 0.6) is 0 Å². The van der Waals surface area contributed by atoms with Gasteiger partial charge in [0.15, 0.2) is 0 Å². The van der Waals surface area contributed by atoms with Crippen LogP contribution in [0.1, 0.15) is 31.2 Å². The molecule has 1 saturated heterocycles. The largest absolute Gasteiger partial charge is 0.481 e. The molecule has 1 fully saturated rings. The number of carboxylic acid groups (broad SMARTS) is 1. The second-order valence-corrected chi connectivity index (χ2v) is 4.68. The zero-order chi connectivity index (χ0) is 13.8. The molecular formula is C14H17NO4. The van der Waals surface area contributed by atoms with Crippen LogP contribution in [0.15, 0.2) is 24.3 Å². The van der Waals surface area contributed by atoms with Crippen LogP contribution in [0.3, 0.4) is 0 Å². The molecule has 0 spiro atoms. The molecule has 0 bridgehead atoms. The molecule has 1 aromatic rings. The van der Waals surface area contributed by atoms with Crippen molar-refractivity contribution in [3.05, 3.63) is 29.8 Å². The fourth-order valence-electron chi connectivity index (χ4n) is 2.04. The van der Waals surface area contributed by atoms with Crippen LogP contribution in [0, 0.1) is 0 Å². The molecule has 2 atom stereocenters. The summed E-state index contributed by atoms with van der Waals surface area (Å²) in [5.41, 5.74) is 1.27. The number of aliphatic carboxylic acids is 1. The van der Waals surface area contributed by atoms with Crippen LogP contribution in [0.25, 0.3) is 0 Å². The van der Waals surface area contributed by atoms with E-state index in [2.05, 4.69) is 5.32 Å². The van der Waals surface area contributed by atoms with Crippen LogP contribution in [0.2, 0.25) is 0 Å². The Morgan fingerprint density at radius 2 is 2.26 bits per heavy atom. The van der Waals surface area contributed by atoms with Crippen LogP contribution in [-0.2, 0) is 14.3 Å². The molecule has 1 amide bonds. The molecule has 0 saturated carbocycles. The Hall–Kier alpha value is -1.88. The van der Waals surface area contributed by atoms with Gasteiger partial charge in [0.05, 0.1) is 5.92 Å². The summed E-state index contributed by atoms with van der Waals surface area (Å²) in [6.45, 7) is 2.23. The Labute approximate surface area is 111 Å². The molecule has 2 rings (SSSR count). The van der Waals surface area contributed by atoms with Crippen LogP contribution < -0.4 is 5.32 Å². The number of carboxylic acids is 1. The van der Waals surface area contributed by atoms with Gasteiger partial charge in [0, 0.05) is 12.3 Å². The van der Waals surface area contributed by atoms with Crippen molar-refractivity contribution < 1.29 is 19.4 Å². The van der Waals surface area contributed by atoms with E-state index in [0.717, 1.165) is 12.8 Å². The van der Waals surface area contributed by atoms with Gasteiger partial charge in [-0.2, -0.15) is 0 Å². The molecule has 1 aliphatic heterocycles. The number of benzene rings is 1. The number of hydrogen-bond donors (Lipinski definition) is 2. The van der Waals surface area contributed by atoms with Gasteiger partial charge >= 0.3 is 5.97 Å². The Kier molecular flexibility index (Phi) is 4.16. The van der Waals surface area contributed by atoms with Crippen molar-refractivity contribution in [1.82, 2.24) is 0 Å². The predicted octanol–water partition coefficient (Wildman–Crippen LogP) is 1.99. The smallest absolute Gasteiger partial charge is 0.310 e. The lowest BCUT2D eigenvalue weighted by atomic mass is 10.0. The molecule has 0 aromatic heterocycles. The van der Waals surface area contributed by atoms with E-state index in [4.69, 9.17) is 9.84 Å². The zero-order valence-corrected chi connectivity index (χ0v) is 10.8. The molecule has 1 aliphatic rings. The maximum Gasteiger partial charge on any atom is 0.310 e. The highest BCUT2D eigenvalue weighted by Gasteiger charge is 2.23. The third-order valence-corrected chi connectivity index (χ3v) is 3.25. The molecule has 0 unspecified atom stereocenters. The van der Waals surface area contributed by atoms with Crippen molar-refractivity contribution in [3.8, 4) is 0 Å². The third-order valence-electron chi connectivity index (χ3n) is 3.25. The number of carbonyl (C=O) groups is 2. The fourth-order valence-corrected chi connectivity index (χ4v) is 2.04. The number of nitrogens with one attached hydrogen (secondary N) is 1. The summed E-state index contributed by atoms with van der Waals surface area (Å²) in [7, 11) is 0. The van der Waals surface area contributed by atoms with Gasteiger partial charge in [-0.3, -0.25) is 9.59 Å². The minimum atomic E-state index is -0.886. The first-order chi connectivity index (χ1) is 9.08. The number of anilines is 1. The normalized spacial score (nSPS) is 19.9. The highest BCUT2D eigenvalue weighted by Crippen LogP contribution is 2.20. The van der Waals surface area contributed by atoms with Crippen molar-refractivity contribution in [2.45, 2.75) is 31.8 Å². The quantitative estimate of drug-likeness (QED) is 0.871. The fraction of sp³-hybridized carbons (Fsp3) is 0.429. The molecular weight excluding hydrogens is 246 g/mol. The number of carbonyl (C=O) groups excluding carboxylic acids is 1. The number of ether oxygens (including phenoxy) is 1. The second-order valence-electron chi connectivity index (χ2n) is 4.68. The topological polar surface area (TPSA) is 75.6 Å². The van der Waals surface area contributed by atoms with E-state index in [9.17, 15) is 9.59 Å². The van der Waals surface area contributed by atoms with Gasteiger partial charge < -0.3 is 15.2 Å². The van der Waals surface area contributed by atoms with Gasteiger partial charge in [-0.1, -0.05) is 12.1 Å². The first-order valence-electron chi connectivity index (χ1n) is 6.33. The highest BCUT2D eigenvalue weighted by molar-refractivity contribution is 5.94. The Balaban J connectivity index is 2.06. The molecule has 1 aromatic carbocycles. The van der Waals surface area contributed by atoms with Gasteiger partial charge in [-0.15, -0.1) is 0 Å². The SMILES string of the molecule is C[C@H](C(=O)O)c1cccc(NC(=O)[C@@H]2CCCO2)c1. The Morgan fingerprint density at radius 1 is 1.47 bits per heavy atom. The first kappa shape index (κ1) is 13.5. The van der Waals surface area contributed by atoms with Crippen LogP contribution in [-0.4, -0.2) is 29.7 Å². The summed E-state index contributed by atoms with van der Waals surface area (Å²) in [6.07, 6.45) is 1.24. The standard InChI is InChI=1S/C14H17NO4/c1-9(14(17)18)10-4-2-5-11(8-10)15-13(16)12-6-3-7-19-12/h2,4-5,8-9,12H,3,6-7H2,1H3,(H,15,16)(H,17,18)/t9-,12-/m0/s1. The summed E-state index contributed by atoms with van der Waals surface area (Å²) in [6, 6.07) is 6.90. The van der Waals surface area contributed by atoms with Gasteiger partial charge in [0.1, 0.15) is 6.10 Å². The van der Waals surface area contributed by atoms with E-state index in [1.807, 2.05) is 0 Å². The van der Waals surface area contributed by atoms with Gasteiger partial charge in [0.25, 0.3) is 5.91 Å². The maximum absolute atomic E-state index is 11.9. The molecule has 5 nitrogen and oxygen atoms in total. The molecule has 1 heterocycles.